The molecule has 0 unspecified atom stereocenters. The summed E-state index contributed by atoms with van der Waals surface area (Å²) in [5.74, 6) is 0.0218. The Labute approximate surface area is 136 Å². The highest BCUT2D eigenvalue weighted by molar-refractivity contribution is 7.89. The van der Waals surface area contributed by atoms with Gasteiger partial charge in [-0.3, -0.25) is 4.79 Å². The van der Waals surface area contributed by atoms with E-state index < -0.39 is 10.0 Å². The molecule has 6 nitrogen and oxygen atoms in total. The lowest BCUT2D eigenvalue weighted by Gasteiger charge is -2.34. The molecular formula is C14H20ClN3O3S. The van der Waals surface area contributed by atoms with Crippen LogP contribution < -0.4 is 0 Å². The summed E-state index contributed by atoms with van der Waals surface area (Å²) in [6.45, 7) is 1.79. The molecule has 1 aromatic rings. The first-order valence-electron chi connectivity index (χ1n) is 6.99. The van der Waals surface area contributed by atoms with Crippen molar-refractivity contribution >= 4 is 27.5 Å². The maximum Gasteiger partial charge on any atom is 0.243 e. The maximum atomic E-state index is 12.5. The van der Waals surface area contributed by atoms with E-state index in [-0.39, 0.29) is 10.8 Å². The molecule has 0 spiro atoms. The van der Waals surface area contributed by atoms with Crippen molar-refractivity contribution in [3.8, 4) is 0 Å². The van der Waals surface area contributed by atoms with Gasteiger partial charge in [-0.15, -0.1) is 0 Å². The van der Waals surface area contributed by atoms with Gasteiger partial charge in [-0.05, 0) is 38.4 Å². The van der Waals surface area contributed by atoms with Gasteiger partial charge in [-0.1, -0.05) is 11.6 Å². The Morgan fingerprint density at radius 3 is 2.18 bits per heavy atom. The van der Waals surface area contributed by atoms with Crippen LogP contribution in [0.25, 0.3) is 0 Å². The van der Waals surface area contributed by atoms with Gasteiger partial charge in [-0.2, -0.15) is 4.31 Å². The van der Waals surface area contributed by atoms with Gasteiger partial charge in [-0.25, -0.2) is 8.42 Å². The van der Waals surface area contributed by atoms with Crippen LogP contribution in [0.3, 0.4) is 0 Å². The first-order valence-corrected chi connectivity index (χ1v) is 8.81. The number of amides is 1. The zero-order valence-electron chi connectivity index (χ0n) is 12.7. The van der Waals surface area contributed by atoms with E-state index >= 15 is 0 Å². The fourth-order valence-electron chi connectivity index (χ4n) is 2.30. The Morgan fingerprint density at radius 1 is 1.14 bits per heavy atom. The number of carbonyl (C=O) groups excluding carboxylic acids is 1. The van der Waals surface area contributed by atoms with Crippen molar-refractivity contribution < 1.29 is 13.2 Å². The molecule has 0 saturated carbocycles. The number of hydrogen-bond donors (Lipinski definition) is 0. The van der Waals surface area contributed by atoms with Crippen molar-refractivity contribution in [2.45, 2.75) is 4.90 Å². The largest absolute Gasteiger partial charge is 0.339 e. The fraction of sp³-hybridized carbons (Fsp3) is 0.500. The molecular weight excluding hydrogens is 326 g/mol. The van der Waals surface area contributed by atoms with Gasteiger partial charge in [0.15, 0.2) is 0 Å². The van der Waals surface area contributed by atoms with E-state index in [0.29, 0.717) is 37.7 Å². The van der Waals surface area contributed by atoms with Gasteiger partial charge in [0.25, 0.3) is 0 Å². The summed E-state index contributed by atoms with van der Waals surface area (Å²) in [4.78, 5) is 15.7. The van der Waals surface area contributed by atoms with Crippen LogP contribution in [0.5, 0.6) is 0 Å². The monoisotopic (exact) mass is 345 g/mol. The fourth-order valence-corrected chi connectivity index (χ4v) is 3.85. The van der Waals surface area contributed by atoms with E-state index in [9.17, 15) is 13.2 Å². The molecule has 1 saturated heterocycles. The van der Waals surface area contributed by atoms with Gasteiger partial charge in [0, 0.05) is 31.2 Å². The van der Waals surface area contributed by atoms with Crippen LogP contribution >= 0.6 is 11.6 Å². The average Bonchev–Trinajstić information content (AvgIpc) is 2.47. The number of benzene rings is 1. The number of halogens is 1. The minimum atomic E-state index is -3.52. The lowest BCUT2D eigenvalue weighted by atomic mass is 10.3. The summed E-state index contributed by atoms with van der Waals surface area (Å²) in [7, 11) is 0.140. The lowest BCUT2D eigenvalue weighted by Crippen LogP contribution is -2.52. The quantitative estimate of drug-likeness (QED) is 0.807. The van der Waals surface area contributed by atoms with Crippen molar-refractivity contribution in [2.24, 2.45) is 0 Å². The summed E-state index contributed by atoms with van der Waals surface area (Å²) in [6, 6.07) is 6.12. The molecule has 0 aliphatic carbocycles. The molecule has 1 heterocycles. The predicted molar refractivity (Wildman–Crippen MR) is 85.3 cm³/mol. The number of hydrogen-bond acceptors (Lipinski definition) is 4. The molecule has 1 aromatic carbocycles. The molecule has 0 aromatic heterocycles. The average molecular weight is 346 g/mol. The summed E-state index contributed by atoms with van der Waals surface area (Å²) in [5.41, 5.74) is 0. The maximum absolute atomic E-state index is 12.5. The summed E-state index contributed by atoms with van der Waals surface area (Å²) >= 11 is 5.79. The Kier molecular flexibility index (Phi) is 5.44. The second-order valence-corrected chi connectivity index (χ2v) is 7.85. The third kappa shape index (κ3) is 3.98. The van der Waals surface area contributed by atoms with E-state index in [1.54, 1.807) is 21.9 Å². The summed E-state index contributed by atoms with van der Waals surface area (Å²) in [6.07, 6.45) is 0. The third-order valence-corrected chi connectivity index (χ3v) is 5.66. The van der Waals surface area contributed by atoms with Crippen molar-refractivity contribution in [1.82, 2.24) is 14.1 Å². The van der Waals surface area contributed by atoms with Crippen molar-refractivity contribution in [3.63, 3.8) is 0 Å². The normalized spacial score (nSPS) is 17.0. The van der Waals surface area contributed by atoms with Crippen molar-refractivity contribution in [3.05, 3.63) is 29.3 Å². The molecule has 1 amide bonds. The smallest absolute Gasteiger partial charge is 0.243 e. The van der Waals surface area contributed by atoms with Crippen LogP contribution in [0.15, 0.2) is 29.2 Å². The Bertz CT molecular complexity index is 623. The second kappa shape index (κ2) is 6.95. The van der Waals surface area contributed by atoms with E-state index in [4.69, 9.17) is 11.6 Å². The topological polar surface area (TPSA) is 60.9 Å². The number of sulfonamides is 1. The van der Waals surface area contributed by atoms with Gasteiger partial charge in [0.05, 0.1) is 11.4 Å². The van der Waals surface area contributed by atoms with Crippen molar-refractivity contribution in [2.75, 3.05) is 46.8 Å². The molecule has 0 radical (unpaired) electrons. The molecule has 0 N–H and O–H groups in total. The molecule has 122 valence electrons. The van der Waals surface area contributed by atoms with Gasteiger partial charge >= 0.3 is 0 Å². The number of rotatable bonds is 4. The highest BCUT2D eigenvalue weighted by atomic mass is 35.5. The number of piperazine rings is 1. The van der Waals surface area contributed by atoms with Gasteiger partial charge in [0.2, 0.25) is 15.9 Å². The van der Waals surface area contributed by atoms with Gasteiger partial charge < -0.3 is 9.80 Å². The van der Waals surface area contributed by atoms with E-state index in [1.165, 1.54) is 16.4 Å². The van der Waals surface area contributed by atoms with E-state index in [1.807, 2.05) is 14.1 Å². The van der Waals surface area contributed by atoms with E-state index in [2.05, 4.69) is 0 Å². The van der Waals surface area contributed by atoms with Crippen LogP contribution in [-0.4, -0.2) is 75.2 Å². The summed E-state index contributed by atoms with van der Waals surface area (Å²) in [5, 5.41) is 0.498. The molecule has 1 aliphatic rings. The van der Waals surface area contributed by atoms with Gasteiger partial charge in [0.1, 0.15) is 0 Å². The minimum Gasteiger partial charge on any atom is -0.339 e. The number of nitrogens with zero attached hydrogens (tertiary/aromatic N) is 3. The first-order chi connectivity index (χ1) is 10.3. The molecule has 22 heavy (non-hydrogen) atoms. The minimum absolute atomic E-state index is 0.0218. The Morgan fingerprint density at radius 2 is 1.68 bits per heavy atom. The Balaban J connectivity index is 2.01. The SMILES string of the molecule is CN(C)CC(=O)N1CCN(S(=O)(=O)c2ccc(Cl)cc2)CC1. The van der Waals surface area contributed by atoms with Crippen LogP contribution in [0.4, 0.5) is 0 Å². The second-order valence-electron chi connectivity index (χ2n) is 5.48. The Hall–Kier alpha value is -1.15. The molecule has 1 aliphatic heterocycles. The standard InChI is InChI=1S/C14H20ClN3O3S/c1-16(2)11-14(19)17-7-9-18(10-8-17)22(20,21)13-5-3-12(15)4-6-13/h3-6H,7-11H2,1-2H3. The molecule has 0 atom stereocenters. The number of likely N-dealkylation sites (N-methyl/N-ethyl adjacent to an activating group) is 1. The molecule has 2 rings (SSSR count). The first kappa shape index (κ1) is 17.2. The predicted octanol–water partition coefficient (Wildman–Crippen LogP) is 0.735. The highest BCUT2D eigenvalue weighted by Gasteiger charge is 2.29. The van der Waals surface area contributed by atoms with Crippen LogP contribution in [0, 0.1) is 0 Å². The lowest BCUT2D eigenvalue weighted by molar-refractivity contribution is -0.133. The molecule has 8 heteroatoms. The summed E-state index contributed by atoms with van der Waals surface area (Å²) < 4.78 is 26.5. The van der Waals surface area contributed by atoms with Crippen LogP contribution in [-0.2, 0) is 14.8 Å². The van der Waals surface area contributed by atoms with Crippen LogP contribution in [0.2, 0.25) is 5.02 Å². The van der Waals surface area contributed by atoms with Crippen molar-refractivity contribution in [1.29, 1.82) is 0 Å². The third-order valence-electron chi connectivity index (χ3n) is 3.49. The molecule has 0 bridgehead atoms. The highest BCUT2D eigenvalue weighted by Crippen LogP contribution is 2.19. The molecule has 1 fully saturated rings. The number of carbonyl (C=O) groups is 1. The zero-order chi connectivity index (χ0) is 16.3. The van der Waals surface area contributed by atoms with Crippen LogP contribution in [0.1, 0.15) is 0 Å². The zero-order valence-corrected chi connectivity index (χ0v) is 14.3. The van der Waals surface area contributed by atoms with E-state index in [0.717, 1.165) is 0 Å².